The van der Waals surface area contributed by atoms with Crippen LogP contribution < -0.4 is 10.6 Å². The number of carboxylic acid groups (broad SMARTS) is 1. The molecular formula is C11H17N3O3. The van der Waals surface area contributed by atoms with Crippen molar-refractivity contribution in [3.05, 3.63) is 17.8 Å². The van der Waals surface area contributed by atoms with Crippen LogP contribution in [-0.2, 0) is 4.79 Å². The number of hydrogen-bond donors (Lipinski definition) is 3. The standard InChI is InChI=1S/C11H17N3O3/c1-7-4-13-10(17-7)8(2)14-11(3-9(15)16)5-12-6-11/h4,8,12,14H,3,5-6H2,1-2H3,(H,15,16). The highest BCUT2D eigenvalue weighted by Gasteiger charge is 2.40. The maximum atomic E-state index is 10.8. The summed E-state index contributed by atoms with van der Waals surface area (Å²) in [7, 11) is 0. The molecule has 1 aromatic heterocycles. The van der Waals surface area contributed by atoms with Crippen LogP contribution in [0.5, 0.6) is 0 Å². The summed E-state index contributed by atoms with van der Waals surface area (Å²) in [6.07, 6.45) is 1.76. The van der Waals surface area contributed by atoms with E-state index in [0.29, 0.717) is 19.0 Å². The Hall–Kier alpha value is -1.40. The fraction of sp³-hybridized carbons (Fsp3) is 0.636. The Morgan fingerprint density at radius 2 is 2.47 bits per heavy atom. The number of aliphatic carboxylic acids is 1. The first-order valence-electron chi connectivity index (χ1n) is 5.63. The minimum absolute atomic E-state index is 0.0925. The van der Waals surface area contributed by atoms with E-state index in [4.69, 9.17) is 9.52 Å². The number of oxazole rings is 1. The molecule has 1 saturated heterocycles. The van der Waals surface area contributed by atoms with Crippen LogP contribution in [0.2, 0.25) is 0 Å². The number of carbonyl (C=O) groups is 1. The molecule has 3 N–H and O–H groups in total. The van der Waals surface area contributed by atoms with E-state index in [1.165, 1.54) is 0 Å². The quantitative estimate of drug-likeness (QED) is 0.691. The normalized spacial score (nSPS) is 19.6. The molecule has 2 heterocycles. The van der Waals surface area contributed by atoms with E-state index in [0.717, 1.165) is 5.76 Å². The Morgan fingerprint density at radius 3 is 2.88 bits per heavy atom. The van der Waals surface area contributed by atoms with Gasteiger partial charge in [0, 0.05) is 13.1 Å². The third kappa shape index (κ3) is 2.65. The van der Waals surface area contributed by atoms with Crippen molar-refractivity contribution >= 4 is 5.97 Å². The number of aryl methyl sites for hydroxylation is 1. The lowest BCUT2D eigenvalue weighted by Gasteiger charge is -2.43. The third-order valence-corrected chi connectivity index (χ3v) is 2.95. The molecule has 0 spiro atoms. The molecule has 2 rings (SSSR count). The van der Waals surface area contributed by atoms with Crippen molar-refractivity contribution in [3.8, 4) is 0 Å². The summed E-state index contributed by atoms with van der Waals surface area (Å²) in [5.74, 6) is 0.557. The Kier molecular flexibility index (Phi) is 3.17. The molecule has 1 unspecified atom stereocenters. The fourth-order valence-electron chi connectivity index (χ4n) is 2.09. The van der Waals surface area contributed by atoms with Gasteiger partial charge in [0.2, 0.25) is 5.89 Å². The Bertz CT molecular complexity index is 412. The van der Waals surface area contributed by atoms with E-state index in [9.17, 15) is 4.79 Å². The van der Waals surface area contributed by atoms with Crippen LogP contribution in [0.25, 0.3) is 0 Å². The Labute approximate surface area is 99.4 Å². The number of hydrogen-bond acceptors (Lipinski definition) is 5. The second-order valence-corrected chi connectivity index (χ2v) is 4.63. The molecule has 6 heteroatoms. The number of nitrogens with zero attached hydrogens (tertiary/aromatic N) is 1. The van der Waals surface area contributed by atoms with Crippen molar-refractivity contribution in [3.63, 3.8) is 0 Å². The van der Waals surface area contributed by atoms with Gasteiger partial charge >= 0.3 is 5.97 Å². The number of nitrogens with one attached hydrogen (secondary N) is 2. The van der Waals surface area contributed by atoms with Gasteiger partial charge < -0.3 is 14.8 Å². The summed E-state index contributed by atoms with van der Waals surface area (Å²) < 4.78 is 5.42. The van der Waals surface area contributed by atoms with Gasteiger partial charge in [0.25, 0.3) is 0 Å². The van der Waals surface area contributed by atoms with Crippen LogP contribution in [-0.4, -0.2) is 34.7 Å². The van der Waals surface area contributed by atoms with Gasteiger partial charge in [-0.1, -0.05) is 0 Å². The minimum Gasteiger partial charge on any atom is -0.481 e. The predicted octanol–water partition coefficient (Wildman–Crippen LogP) is 0.450. The van der Waals surface area contributed by atoms with E-state index in [2.05, 4.69) is 15.6 Å². The largest absolute Gasteiger partial charge is 0.481 e. The summed E-state index contributed by atoms with van der Waals surface area (Å²) in [5, 5.41) is 15.3. The molecule has 6 nitrogen and oxygen atoms in total. The summed E-state index contributed by atoms with van der Waals surface area (Å²) >= 11 is 0. The van der Waals surface area contributed by atoms with E-state index in [1.54, 1.807) is 6.20 Å². The molecule has 1 aliphatic heterocycles. The molecule has 0 bridgehead atoms. The van der Waals surface area contributed by atoms with Crippen LogP contribution in [0, 0.1) is 6.92 Å². The van der Waals surface area contributed by atoms with Crippen molar-refractivity contribution in [1.29, 1.82) is 0 Å². The number of aromatic nitrogens is 1. The van der Waals surface area contributed by atoms with E-state index in [-0.39, 0.29) is 18.0 Å². The molecule has 0 aromatic carbocycles. The SMILES string of the molecule is Cc1cnc(C(C)NC2(CC(=O)O)CNC2)o1. The zero-order valence-corrected chi connectivity index (χ0v) is 9.99. The summed E-state index contributed by atoms with van der Waals surface area (Å²) in [6, 6.07) is -0.0925. The zero-order valence-electron chi connectivity index (χ0n) is 9.99. The first-order valence-corrected chi connectivity index (χ1v) is 5.63. The molecule has 1 aromatic rings. The third-order valence-electron chi connectivity index (χ3n) is 2.95. The maximum Gasteiger partial charge on any atom is 0.305 e. The van der Waals surface area contributed by atoms with Crippen molar-refractivity contribution < 1.29 is 14.3 Å². The average molecular weight is 239 g/mol. The van der Waals surface area contributed by atoms with E-state index >= 15 is 0 Å². The van der Waals surface area contributed by atoms with Crippen molar-refractivity contribution in [1.82, 2.24) is 15.6 Å². The van der Waals surface area contributed by atoms with Crippen LogP contribution in [0.4, 0.5) is 0 Å². The van der Waals surface area contributed by atoms with Gasteiger partial charge in [-0.3, -0.25) is 10.1 Å². The second kappa shape index (κ2) is 4.46. The average Bonchev–Trinajstić information content (AvgIpc) is 2.60. The van der Waals surface area contributed by atoms with Crippen LogP contribution >= 0.6 is 0 Å². The lowest BCUT2D eigenvalue weighted by atomic mass is 9.87. The van der Waals surface area contributed by atoms with Gasteiger partial charge in [0.15, 0.2) is 0 Å². The van der Waals surface area contributed by atoms with Crippen LogP contribution in [0.15, 0.2) is 10.6 Å². The topological polar surface area (TPSA) is 87.4 Å². The molecule has 17 heavy (non-hydrogen) atoms. The van der Waals surface area contributed by atoms with Crippen molar-refractivity contribution in [2.75, 3.05) is 13.1 Å². The Morgan fingerprint density at radius 1 is 1.76 bits per heavy atom. The maximum absolute atomic E-state index is 10.8. The predicted molar refractivity (Wildman–Crippen MR) is 60.6 cm³/mol. The van der Waals surface area contributed by atoms with E-state index in [1.807, 2.05) is 13.8 Å². The van der Waals surface area contributed by atoms with Gasteiger partial charge in [-0.2, -0.15) is 0 Å². The van der Waals surface area contributed by atoms with E-state index < -0.39 is 5.97 Å². The molecule has 1 aliphatic rings. The molecule has 0 aliphatic carbocycles. The molecule has 0 amide bonds. The zero-order chi connectivity index (χ0) is 12.5. The molecule has 0 radical (unpaired) electrons. The van der Waals surface area contributed by atoms with Gasteiger partial charge in [-0.25, -0.2) is 4.98 Å². The molecule has 94 valence electrons. The smallest absolute Gasteiger partial charge is 0.305 e. The van der Waals surface area contributed by atoms with Crippen molar-refractivity contribution in [2.24, 2.45) is 0 Å². The van der Waals surface area contributed by atoms with Crippen LogP contribution in [0.1, 0.15) is 31.0 Å². The highest BCUT2D eigenvalue weighted by atomic mass is 16.4. The molecule has 0 saturated carbocycles. The highest BCUT2D eigenvalue weighted by molar-refractivity contribution is 5.68. The van der Waals surface area contributed by atoms with Crippen molar-refractivity contribution in [2.45, 2.75) is 31.8 Å². The first-order chi connectivity index (χ1) is 8.01. The number of rotatable bonds is 5. The highest BCUT2D eigenvalue weighted by Crippen LogP contribution is 2.22. The molecule has 1 atom stereocenters. The summed E-state index contributed by atoms with van der Waals surface area (Å²) in [4.78, 5) is 15.0. The lowest BCUT2D eigenvalue weighted by Crippen LogP contribution is -2.68. The molecule has 1 fully saturated rings. The first kappa shape index (κ1) is 12.1. The van der Waals surface area contributed by atoms with Gasteiger partial charge in [-0.05, 0) is 13.8 Å². The summed E-state index contributed by atoms with van der Waals surface area (Å²) in [5.41, 5.74) is -0.381. The van der Waals surface area contributed by atoms with Crippen LogP contribution in [0.3, 0.4) is 0 Å². The fourth-order valence-corrected chi connectivity index (χ4v) is 2.09. The molecular weight excluding hydrogens is 222 g/mol. The van der Waals surface area contributed by atoms with Gasteiger partial charge in [0.05, 0.1) is 24.2 Å². The number of carboxylic acids is 1. The summed E-state index contributed by atoms with van der Waals surface area (Å²) in [6.45, 7) is 5.07. The minimum atomic E-state index is -0.796. The van der Waals surface area contributed by atoms with Gasteiger partial charge in [-0.15, -0.1) is 0 Å². The monoisotopic (exact) mass is 239 g/mol. The second-order valence-electron chi connectivity index (χ2n) is 4.63. The lowest BCUT2D eigenvalue weighted by molar-refractivity contribution is -0.139. The van der Waals surface area contributed by atoms with Gasteiger partial charge in [0.1, 0.15) is 5.76 Å². The Balaban J connectivity index is 2.01.